The van der Waals surface area contributed by atoms with Gasteiger partial charge in [0.1, 0.15) is 12.4 Å². The molecule has 0 aliphatic carbocycles. The molecule has 0 spiro atoms. The van der Waals surface area contributed by atoms with Gasteiger partial charge < -0.3 is 15.8 Å². The number of benzene rings is 2. The number of primary amides is 1. The molecule has 0 aliphatic heterocycles. The number of rotatable bonds is 4. The molecule has 2 rings (SSSR count). The fraction of sp³-hybridized carbons (Fsp3) is 0.0714. The Kier molecular flexibility index (Phi) is 3.81. The highest BCUT2D eigenvalue weighted by Gasteiger charge is 1.98. The zero-order chi connectivity index (χ0) is 12.8. The topological polar surface area (TPSA) is 64.4 Å². The van der Waals surface area contributed by atoms with Crippen LogP contribution < -0.4 is 15.8 Å². The van der Waals surface area contributed by atoms with E-state index in [1.807, 2.05) is 30.3 Å². The summed E-state index contributed by atoms with van der Waals surface area (Å²) in [6.07, 6.45) is 0. The molecule has 0 aromatic heterocycles. The molecular formula is C14H14N2O2. The molecule has 4 heteroatoms. The van der Waals surface area contributed by atoms with Gasteiger partial charge in [-0.1, -0.05) is 30.3 Å². The number of nitrogens with one attached hydrogen (secondary N) is 1. The molecule has 2 amide bonds. The lowest BCUT2D eigenvalue weighted by atomic mass is 10.2. The van der Waals surface area contributed by atoms with E-state index in [4.69, 9.17) is 10.5 Å². The van der Waals surface area contributed by atoms with E-state index >= 15 is 0 Å². The minimum absolute atomic E-state index is 0.517. The van der Waals surface area contributed by atoms with E-state index in [0.29, 0.717) is 12.3 Å². The first-order valence-corrected chi connectivity index (χ1v) is 5.57. The van der Waals surface area contributed by atoms with Crippen molar-refractivity contribution < 1.29 is 9.53 Å². The summed E-state index contributed by atoms with van der Waals surface area (Å²) in [4.78, 5) is 10.6. The van der Waals surface area contributed by atoms with E-state index in [2.05, 4.69) is 5.32 Å². The normalized spacial score (nSPS) is 9.78. The summed E-state index contributed by atoms with van der Waals surface area (Å²) >= 11 is 0. The zero-order valence-corrected chi connectivity index (χ0v) is 9.80. The second kappa shape index (κ2) is 5.72. The molecule has 0 aliphatic rings. The van der Waals surface area contributed by atoms with Gasteiger partial charge in [0.25, 0.3) is 0 Å². The highest BCUT2D eigenvalue weighted by Crippen LogP contribution is 2.16. The van der Waals surface area contributed by atoms with Crippen molar-refractivity contribution in [1.82, 2.24) is 0 Å². The standard InChI is InChI=1S/C14H14N2O2/c15-14(17)16-12-6-8-13(9-7-12)18-10-11-4-2-1-3-5-11/h1-9H,10H2,(H3,15,16,17). The van der Waals surface area contributed by atoms with Crippen LogP contribution in [0.2, 0.25) is 0 Å². The number of carbonyl (C=O) groups excluding carboxylic acids is 1. The second-order valence-corrected chi connectivity index (χ2v) is 3.79. The van der Waals surface area contributed by atoms with Crippen molar-refractivity contribution in [3.8, 4) is 5.75 Å². The summed E-state index contributed by atoms with van der Waals surface area (Å²) in [6.45, 7) is 0.517. The van der Waals surface area contributed by atoms with Crippen LogP contribution in [0, 0.1) is 0 Å². The van der Waals surface area contributed by atoms with Gasteiger partial charge in [-0.2, -0.15) is 0 Å². The third kappa shape index (κ3) is 3.52. The van der Waals surface area contributed by atoms with E-state index in [-0.39, 0.29) is 0 Å². The van der Waals surface area contributed by atoms with Crippen molar-refractivity contribution in [2.45, 2.75) is 6.61 Å². The van der Waals surface area contributed by atoms with Crippen molar-refractivity contribution in [3.05, 3.63) is 60.2 Å². The van der Waals surface area contributed by atoms with E-state index in [1.165, 1.54) is 0 Å². The Morgan fingerprint density at radius 1 is 1.06 bits per heavy atom. The Morgan fingerprint density at radius 3 is 2.33 bits per heavy atom. The van der Waals surface area contributed by atoms with Crippen molar-refractivity contribution >= 4 is 11.7 Å². The van der Waals surface area contributed by atoms with Crippen LogP contribution in [0.5, 0.6) is 5.75 Å². The number of ether oxygens (including phenoxy) is 1. The van der Waals surface area contributed by atoms with E-state index in [1.54, 1.807) is 24.3 Å². The molecule has 0 saturated carbocycles. The van der Waals surface area contributed by atoms with Gasteiger partial charge in [-0.3, -0.25) is 0 Å². The van der Waals surface area contributed by atoms with E-state index in [0.717, 1.165) is 11.3 Å². The molecule has 0 saturated heterocycles. The predicted molar refractivity (Wildman–Crippen MR) is 70.4 cm³/mol. The Morgan fingerprint density at radius 2 is 1.72 bits per heavy atom. The Bertz CT molecular complexity index is 509. The largest absolute Gasteiger partial charge is 0.489 e. The monoisotopic (exact) mass is 242 g/mol. The van der Waals surface area contributed by atoms with Crippen LogP contribution in [0.15, 0.2) is 54.6 Å². The fourth-order valence-corrected chi connectivity index (χ4v) is 1.52. The molecule has 18 heavy (non-hydrogen) atoms. The van der Waals surface area contributed by atoms with Crippen molar-refractivity contribution in [3.63, 3.8) is 0 Å². The molecular weight excluding hydrogens is 228 g/mol. The van der Waals surface area contributed by atoms with Gasteiger partial charge in [0, 0.05) is 5.69 Å². The Labute approximate surface area is 105 Å². The zero-order valence-electron chi connectivity index (χ0n) is 9.80. The van der Waals surface area contributed by atoms with Crippen molar-refractivity contribution in [2.24, 2.45) is 5.73 Å². The lowest BCUT2D eigenvalue weighted by Gasteiger charge is -2.07. The first-order valence-electron chi connectivity index (χ1n) is 5.57. The SMILES string of the molecule is NC(=O)Nc1ccc(OCc2ccccc2)cc1. The molecule has 0 heterocycles. The Balaban J connectivity index is 1.92. The highest BCUT2D eigenvalue weighted by atomic mass is 16.5. The van der Waals surface area contributed by atoms with Crippen molar-refractivity contribution in [2.75, 3.05) is 5.32 Å². The van der Waals surface area contributed by atoms with Gasteiger partial charge in [-0.25, -0.2) is 4.79 Å². The van der Waals surface area contributed by atoms with Gasteiger partial charge in [0.2, 0.25) is 0 Å². The summed E-state index contributed by atoms with van der Waals surface area (Å²) in [7, 11) is 0. The summed E-state index contributed by atoms with van der Waals surface area (Å²) in [5.74, 6) is 0.744. The van der Waals surface area contributed by atoms with Crippen LogP contribution in [-0.2, 0) is 6.61 Å². The van der Waals surface area contributed by atoms with Crippen LogP contribution >= 0.6 is 0 Å². The minimum atomic E-state index is -0.576. The van der Waals surface area contributed by atoms with E-state index in [9.17, 15) is 4.79 Å². The summed E-state index contributed by atoms with van der Waals surface area (Å²) in [5.41, 5.74) is 6.77. The van der Waals surface area contributed by atoms with Crippen LogP contribution in [0.25, 0.3) is 0 Å². The lowest BCUT2D eigenvalue weighted by Crippen LogP contribution is -2.19. The number of anilines is 1. The van der Waals surface area contributed by atoms with Crippen LogP contribution in [0.1, 0.15) is 5.56 Å². The maximum atomic E-state index is 10.6. The summed E-state index contributed by atoms with van der Waals surface area (Å²) < 4.78 is 5.61. The van der Waals surface area contributed by atoms with Gasteiger partial charge in [0.15, 0.2) is 0 Å². The van der Waals surface area contributed by atoms with Gasteiger partial charge >= 0.3 is 6.03 Å². The molecule has 0 bridgehead atoms. The quantitative estimate of drug-likeness (QED) is 0.865. The second-order valence-electron chi connectivity index (χ2n) is 3.79. The number of carbonyl (C=O) groups is 1. The molecule has 0 atom stereocenters. The average molecular weight is 242 g/mol. The number of hydrogen-bond donors (Lipinski definition) is 2. The number of urea groups is 1. The molecule has 2 aromatic carbocycles. The highest BCUT2D eigenvalue weighted by molar-refractivity contribution is 5.87. The van der Waals surface area contributed by atoms with Gasteiger partial charge in [-0.05, 0) is 29.8 Å². The molecule has 2 aromatic rings. The number of amides is 2. The molecule has 0 fully saturated rings. The van der Waals surface area contributed by atoms with E-state index < -0.39 is 6.03 Å². The molecule has 0 radical (unpaired) electrons. The first-order chi connectivity index (χ1) is 8.74. The van der Waals surface area contributed by atoms with Crippen LogP contribution in [0.4, 0.5) is 10.5 Å². The minimum Gasteiger partial charge on any atom is -0.489 e. The maximum absolute atomic E-state index is 10.6. The van der Waals surface area contributed by atoms with Gasteiger partial charge in [0.05, 0.1) is 0 Å². The van der Waals surface area contributed by atoms with Crippen molar-refractivity contribution in [1.29, 1.82) is 0 Å². The third-order valence-corrected chi connectivity index (χ3v) is 2.37. The predicted octanol–water partition coefficient (Wildman–Crippen LogP) is 2.76. The lowest BCUT2D eigenvalue weighted by molar-refractivity contribution is 0.259. The number of nitrogens with two attached hydrogens (primary N) is 1. The van der Waals surface area contributed by atoms with Crippen LogP contribution in [0.3, 0.4) is 0 Å². The molecule has 4 nitrogen and oxygen atoms in total. The van der Waals surface area contributed by atoms with Crippen LogP contribution in [-0.4, -0.2) is 6.03 Å². The fourth-order valence-electron chi connectivity index (χ4n) is 1.52. The summed E-state index contributed by atoms with van der Waals surface area (Å²) in [5, 5.41) is 2.49. The maximum Gasteiger partial charge on any atom is 0.316 e. The molecule has 0 unspecified atom stereocenters. The third-order valence-electron chi connectivity index (χ3n) is 2.37. The molecule has 3 N–H and O–H groups in total. The average Bonchev–Trinajstić information content (AvgIpc) is 2.38. The first kappa shape index (κ1) is 12.0. The summed E-state index contributed by atoms with van der Waals surface area (Å²) in [6, 6.07) is 16.4. The molecule has 92 valence electrons. The van der Waals surface area contributed by atoms with Gasteiger partial charge in [-0.15, -0.1) is 0 Å². The number of hydrogen-bond acceptors (Lipinski definition) is 2. The smallest absolute Gasteiger partial charge is 0.316 e. The Hall–Kier alpha value is -2.49.